The number of urea groups is 2. The van der Waals surface area contributed by atoms with Crippen LogP contribution in [0.2, 0.25) is 5.02 Å². The highest BCUT2D eigenvalue weighted by molar-refractivity contribution is 6.30. The summed E-state index contributed by atoms with van der Waals surface area (Å²) in [5, 5.41) is 9.02. The molecule has 414 valence electrons. The Labute approximate surface area is 453 Å². The third-order valence-electron chi connectivity index (χ3n) is 16.6. The molecule has 2 saturated carbocycles. The number of hydrazine groups is 1. The van der Waals surface area contributed by atoms with Gasteiger partial charge in [-0.05, 0) is 111 Å². The summed E-state index contributed by atoms with van der Waals surface area (Å²) in [5.41, 5.74) is 1.90. The highest BCUT2D eigenvalue weighted by atomic mass is 35.5. The lowest BCUT2D eigenvalue weighted by Gasteiger charge is -2.50. The first kappa shape index (κ1) is 56.7. The number of hydrogen-bond acceptors (Lipinski definition) is 8. The van der Waals surface area contributed by atoms with Crippen molar-refractivity contribution < 1.29 is 33.0 Å². The standard InChI is InChI=1S/C58H82ClFN10O6/c1-3-35-75-57(45-11-7-5-8-12-45)25-31-67(32-26-57)53(71)51(37-43-15-19-47(59)20-16-43)69(55(73)63-29-23-49-39-61-41-65-49)70(56(74)64-30-24-50-40-62-42-66-50)52(38-44-17-21-48(60)22-18-44)54(72)68-33-27-58(28-34-68,76-36-4-2)46-13-9-6-10-14-46/h15-22,39-42,45-46,51-52H,3-14,23-38H2,1-2H3,(H,61,65)(H,62,66)(H,63,73)(H,64,74)/t51-,52-/m1/s1. The molecule has 2 aromatic carbocycles. The van der Waals surface area contributed by atoms with Crippen LogP contribution in [0.25, 0.3) is 0 Å². The highest BCUT2D eigenvalue weighted by Crippen LogP contribution is 2.44. The van der Waals surface area contributed by atoms with Gasteiger partial charge in [-0.2, -0.15) is 0 Å². The Kier molecular flexibility index (Phi) is 20.6. The van der Waals surface area contributed by atoms with Gasteiger partial charge in [0.25, 0.3) is 0 Å². The first-order chi connectivity index (χ1) is 37.0. The van der Waals surface area contributed by atoms with Crippen LogP contribution in [0.1, 0.15) is 139 Å². The van der Waals surface area contributed by atoms with Gasteiger partial charge in [0, 0.05) is 95.6 Å². The number of carbonyl (C=O) groups excluding carboxylic acids is 4. The lowest BCUT2D eigenvalue weighted by molar-refractivity contribution is -0.162. The van der Waals surface area contributed by atoms with Crippen molar-refractivity contribution in [2.75, 3.05) is 52.5 Å². The largest absolute Gasteiger partial charge is 0.375 e. The number of halogens is 2. The van der Waals surface area contributed by atoms with E-state index >= 15 is 19.2 Å². The van der Waals surface area contributed by atoms with E-state index in [1.165, 1.54) is 35.0 Å². The quantitative estimate of drug-likeness (QED) is 0.0562. The van der Waals surface area contributed by atoms with Crippen molar-refractivity contribution in [3.63, 3.8) is 0 Å². The third kappa shape index (κ3) is 14.5. The SMILES string of the molecule is CCCOC1(C2CCCCC2)CCN(C(=O)[C@@H](Cc2ccc(F)cc2)N(C(=O)NCCc2c[nH]cn2)N(C(=O)NCCc2c[nH]cn2)[C@H](Cc2ccc(Cl)cc2)C(=O)N2CCC(OCCC)(C3CCCCC3)CC2)CC1. The molecule has 2 aromatic heterocycles. The summed E-state index contributed by atoms with van der Waals surface area (Å²) < 4.78 is 28.3. The molecule has 4 heterocycles. The molecule has 4 fully saturated rings. The van der Waals surface area contributed by atoms with Crippen LogP contribution in [0.5, 0.6) is 0 Å². The van der Waals surface area contributed by atoms with Gasteiger partial charge in [-0.25, -0.2) is 34.0 Å². The van der Waals surface area contributed by atoms with Gasteiger partial charge in [-0.3, -0.25) is 9.59 Å². The lowest BCUT2D eigenvalue weighted by atomic mass is 9.72. The zero-order valence-corrected chi connectivity index (χ0v) is 45.7. The van der Waals surface area contributed by atoms with E-state index in [1.54, 1.807) is 54.2 Å². The normalized spacial score (nSPS) is 18.9. The summed E-state index contributed by atoms with van der Waals surface area (Å²) in [6, 6.07) is 8.77. The molecule has 2 aliphatic heterocycles. The molecular formula is C58H82ClFN10O6. The zero-order chi connectivity index (χ0) is 53.3. The van der Waals surface area contributed by atoms with Crippen molar-refractivity contribution in [1.29, 1.82) is 0 Å². The smallest absolute Gasteiger partial charge is 0.337 e. The number of amides is 6. The third-order valence-corrected chi connectivity index (χ3v) is 16.9. The Bertz CT molecular complexity index is 2230. The number of hydrogen-bond donors (Lipinski definition) is 4. The van der Waals surface area contributed by atoms with Gasteiger partial charge in [0.15, 0.2) is 0 Å². The first-order valence-electron chi connectivity index (χ1n) is 28.4. The maximum absolute atomic E-state index is 16.0. The molecule has 76 heavy (non-hydrogen) atoms. The second-order valence-corrected chi connectivity index (χ2v) is 22.1. The molecule has 0 bridgehead atoms. The van der Waals surface area contributed by atoms with Gasteiger partial charge in [-0.1, -0.05) is 88.2 Å². The van der Waals surface area contributed by atoms with Crippen LogP contribution in [0.4, 0.5) is 14.0 Å². The first-order valence-corrected chi connectivity index (χ1v) is 28.8. The number of piperidine rings is 2. The number of benzene rings is 2. The Balaban J connectivity index is 1.21. The molecule has 4 aromatic rings. The summed E-state index contributed by atoms with van der Waals surface area (Å²) in [4.78, 5) is 81.6. The highest BCUT2D eigenvalue weighted by Gasteiger charge is 2.50. The predicted molar refractivity (Wildman–Crippen MR) is 291 cm³/mol. The number of imidazole rings is 2. The molecule has 0 unspecified atom stereocenters. The number of ether oxygens (including phenoxy) is 2. The van der Waals surface area contributed by atoms with Gasteiger partial charge < -0.3 is 39.9 Å². The fraction of sp³-hybridized carbons (Fsp3) is 0.621. The van der Waals surface area contributed by atoms with E-state index < -0.39 is 35.9 Å². The molecule has 6 amide bonds. The molecule has 0 radical (unpaired) electrons. The number of aromatic nitrogens is 4. The molecule has 4 N–H and O–H groups in total. The van der Waals surface area contributed by atoms with Gasteiger partial charge in [0.2, 0.25) is 11.8 Å². The van der Waals surface area contributed by atoms with Crippen molar-refractivity contribution >= 4 is 35.5 Å². The van der Waals surface area contributed by atoms with Gasteiger partial charge in [-0.15, -0.1) is 0 Å². The molecule has 2 atom stereocenters. The Morgan fingerprint density at radius 1 is 0.645 bits per heavy atom. The van der Waals surface area contributed by atoms with Crippen LogP contribution in [0, 0.1) is 17.7 Å². The van der Waals surface area contributed by atoms with Crippen LogP contribution in [-0.2, 0) is 44.7 Å². The molecule has 2 saturated heterocycles. The van der Waals surface area contributed by atoms with Crippen molar-refractivity contribution in [1.82, 2.24) is 50.4 Å². The van der Waals surface area contributed by atoms with E-state index in [-0.39, 0.29) is 43.0 Å². The minimum absolute atomic E-state index is 0.0176. The summed E-state index contributed by atoms with van der Waals surface area (Å²) in [7, 11) is 0. The van der Waals surface area contributed by atoms with E-state index in [9.17, 15) is 4.39 Å². The summed E-state index contributed by atoms with van der Waals surface area (Å²) in [6.45, 7) is 7.19. The number of likely N-dealkylation sites (tertiary alicyclic amines) is 2. The Morgan fingerprint density at radius 2 is 1.04 bits per heavy atom. The number of nitrogens with zero attached hydrogens (tertiary/aromatic N) is 6. The van der Waals surface area contributed by atoms with Crippen LogP contribution in [0.3, 0.4) is 0 Å². The number of rotatable bonds is 22. The maximum Gasteiger partial charge on any atom is 0.337 e. The number of aromatic amines is 2. The van der Waals surface area contributed by atoms with E-state index in [0.29, 0.717) is 117 Å². The van der Waals surface area contributed by atoms with Crippen LogP contribution in [0.15, 0.2) is 73.6 Å². The fourth-order valence-corrected chi connectivity index (χ4v) is 12.6. The summed E-state index contributed by atoms with van der Waals surface area (Å²) >= 11 is 6.46. The van der Waals surface area contributed by atoms with E-state index in [1.807, 2.05) is 17.0 Å². The van der Waals surface area contributed by atoms with Gasteiger partial charge in [0.05, 0.1) is 35.2 Å². The van der Waals surface area contributed by atoms with Crippen LogP contribution in [-0.4, -0.2) is 139 Å². The van der Waals surface area contributed by atoms with E-state index in [4.69, 9.17) is 21.1 Å². The molecule has 4 aliphatic rings. The summed E-state index contributed by atoms with van der Waals surface area (Å²) in [6.07, 6.45) is 22.8. The minimum atomic E-state index is -1.38. The second-order valence-electron chi connectivity index (χ2n) is 21.6. The van der Waals surface area contributed by atoms with Gasteiger partial charge in [0.1, 0.15) is 17.9 Å². The van der Waals surface area contributed by atoms with Crippen LogP contribution < -0.4 is 10.6 Å². The number of nitrogens with one attached hydrogen (secondary N) is 4. The predicted octanol–water partition coefficient (Wildman–Crippen LogP) is 9.61. The molecule has 18 heteroatoms. The maximum atomic E-state index is 16.0. The van der Waals surface area contributed by atoms with E-state index in [2.05, 4.69) is 44.4 Å². The molecule has 2 aliphatic carbocycles. The van der Waals surface area contributed by atoms with Crippen molar-refractivity contribution in [3.8, 4) is 0 Å². The minimum Gasteiger partial charge on any atom is -0.375 e. The van der Waals surface area contributed by atoms with Crippen molar-refractivity contribution in [2.45, 2.75) is 166 Å². The van der Waals surface area contributed by atoms with Gasteiger partial charge >= 0.3 is 12.1 Å². The average molecular weight is 1070 g/mol. The average Bonchev–Trinajstić information content (AvgIpc) is 4.20. The topological polar surface area (TPSA) is 181 Å². The lowest BCUT2D eigenvalue weighted by Crippen LogP contribution is -2.69. The Hall–Kier alpha value is -5.52. The second kappa shape index (κ2) is 27.7. The molecular weight excluding hydrogens is 987 g/mol. The van der Waals surface area contributed by atoms with Crippen molar-refractivity contribution in [2.24, 2.45) is 11.8 Å². The fourth-order valence-electron chi connectivity index (χ4n) is 12.5. The monoisotopic (exact) mass is 1070 g/mol. The molecule has 0 spiro atoms. The van der Waals surface area contributed by atoms with Crippen LogP contribution >= 0.6 is 11.6 Å². The number of carbonyl (C=O) groups is 4. The molecule has 8 rings (SSSR count). The summed E-state index contributed by atoms with van der Waals surface area (Å²) in [5.74, 6) is -0.461. The number of H-pyrrole nitrogens is 2. The Morgan fingerprint density at radius 3 is 1.41 bits per heavy atom. The van der Waals surface area contributed by atoms with E-state index in [0.717, 1.165) is 64.2 Å². The zero-order valence-electron chi connectivity index (χ0n) is 44.9. The molecule has 16 nitrogen and oxygen atoms in total. The van der Waals surface area contributed by atoms with Crippen molar-refractivity contribution in [3.05, 3.63) is 107 Å².